The molecule has 2 heterocycles. The number of ether oxygens (including phenoxy) is 1. The fourth-order valence-corrected chi connectivity index (χ4v) is 3.36. The van der Waals surface area contributed by atoms with Gasteiger partial charge < -0.3 is 14.6 Å². The molecule has 31 heavy (non-hydrogen) atoms. The Hall–Kier alpha value is -4.01. The lowest BCUT2D eigenvalue weighted by Crippen LogP contribution is -2.24. The van der Waals surface area contributed by atoms with Crippen LogP contribution >= 0.6 is 0 Å². The largest absolute Gasteiger partial charge is 0.496 e. The number of nitrogens with zero attached hydrogens (tertiary/aromatic N) is 3. The van der Waals surface area contributed by atoms with Crippen LogP contribution in [-0.2, 0) is 11.2 Å². The average molecular weight is 420 g/mol. The third-order valence-electron chi connectivity index (χ3n) is 4.98. The molecule has 0 saturated heterocycles. The molecule has 1 aliphatic rings. The van der Waals surface area contributed by atoms with E-state index >= 15 is 0 Å². The predicted octanol–water partition coefficient (Wildman–Crippen LogP) is 2.93. The summed E-state index contributed by atoms with van der Waals surface area (Å²) in [5.74, 6) is 0.574. The van der Waals surface area contributed by atoms with Gasteiger partial charge in [0.15, 0.2) is 0 Å². The second kappa shape index (κ2) is 8.39. The second-order valence-electron chi connectivity index (χ2n) is 7.04. The molecule has 0 saturated carbocycles. The first-order chi connectivity index (χ1) is 15.0. The van der Waals surface area contributed by atoms with Crippen molar-refractivity contribution >= 4 is 23.4 Å². The lowest BCUT2D eigenvalue weighted by molar-refractivity contribution is -0.116. The molecule has 158 valence electrons. The number of anilines is 1. The molecule has 0 spiro atoms. The van der Waals surface area contributed by atoms with E-state index in [9.17, 15) is 14.4 Å². The van der Waals surface area contributed by atoms with Crippen molar-refractivity contribution in [1.82, 2.24) is 15.0 Å². The quantitative estimate of drug-likeness (QED) is 0.585. The highest BCUT2D eigenvalue weighted by Gasteiger charge is 2.32. The van der Waals surface area contributed by atoms with E-state index < -0.39 is 0 Å². The molecule has 0 fully saturated rings. The number of aryl methyl sites for hydroxylation is 1. The van der Waals surface area contributed by atoms with E-state index in [2.05, 4.69) is 15.5 Å². The Labute approximate surface area is 178 Å². The van der Waals surface area contributed by atoms with E-state index in [1.165, 1.54) is 13.1 Å². The number of para-hydroxylation sites is 1. The standard InChI is InChI=1S/C22H20N4O5/c1-26-21(28)14-11-10-13(12-16(14)22(26)29)23-18(27)8-5-9-19-24-20(25-31-19)15-6-3-4-7-17(15)30-2/h3-4,6-7,10-12H,5,8-9H2,1-2H3,(H,23,27). The van der Waals surface area contributed by atoms with Crippen LogP contribution in [0.25, 0.3) is 11.4 Å². The van der Waals surface area contributed by atoms with Gasteiger partial charge in [-0.2, -0.15) is 4.98 Å². The van der Waals surface area contributed by atoms with Gasteiger partial charge in [0.25, 0.3) is 11.8 Å². The van der Waals surface area contributed by atoms with Gasteiger partial charge in [-0.3, -0.25) is 19.3 Å². The molecule has 9 heteroatoms. The first-order valence-corrected chi connectivity index (χ1v) is 9.70. The van der Waals surface area contributed by atoms with Gasteiger partial charge in [-0.25, -0.2) is 0 Å². The lowest BCUT2D eigenvalue weighted by Gasteiger charge is -2.06. The normalized spacial score (nSPS) is 12.8. The Morgan fingerprint density at radius 1 is 1.10 bits per heavy atom. The van der Waals surface area contributed by atoms with Gasteiger partial charge in [-0.15, -0.1) is 0 Å². The zero-order valence-electron chi connectivity index (χ0n) is 17.0. The number of amides is 3. The number of aromatic nitrogens is 2. The first kappa shape index (κ1) is 20.3. The number of hydrogen-bond acceptors (Lipinski definition) is 7. The van der Waals surface area contributed by atoms with Crippen LogP contribution in [0.3, 0.4) is 0 Å². The number of carbonyl (C=O) groups excluding carboxylic acids is 3. The molecule has 0 unspecified atom stereocenters. The number of fused-ring (bicyclic) bond motifs is 1. The summed E-state index contributed by atoms with van der Waals surface area (Å²) in [6.07, 6.45) is 1.18. The minimum atomic E-state index is -0.377. The van der Waals surface area contributed by atoms with E-state index in [0.29, 0.717) is 47.1 Å². The van der Waals surface area contributed by atoms with Crippen molar-refractivity contribution in [2.45, 2.75) is 19.3 Å². The van der Waals surface area contributed by atoms with Gasteiger partial charge in [-0.05, 0) is 36.8 Å². The van der Waals surface area contributed by atoms with E-state index in [0.717, 1.165) is 10.5 Å². The number of carbonyl (C=O) groups is 3. The van der Waals surface area contributed by atoms with Gasteiger partial charge in [0.2, 0.25) is 17.6 Å². The summed E-state index contributed by atoms with van der Waals surface area (Å²) in [6, 6.07) is 12.1. The Balaban J connectivity index is 1.32. The first-order valence-electron chi connectivity index (χ1n) is 9.70. The highest BCUT2D eigenvalue weighted by Crippen LogP contribution is 2.27. The van der Waals surface area contributed by atoms with Crippen molar-refractivity contribution in [3.8, 4) is 17.1 Å². The van der Waals surface area contributed by atoms with Gasteiger partial charge in [0.1, 0.15) is 5.75 Å². The Morgan fingerprint density at radius 2 is 1.87 bits per heavy atom. The maximum Gasteiger partial charge on any atom is 0.261 e. The van der Waals surface area contributed by atoms with Crippen LogP contribution in [-0.4, -0.2) is 46.9 Å². The molecular formula is C22H20N4O5. The number of benzene rings is 2. The maximum absolute atomic E-state index is 12.3. The summed E-state index contributed by atoms with van der Waals surface area (Å²) < 4.78 is 10.6. The molecule has 0 bridgehead atoms. The van der Waals surface area contributed by atoms with E-state index in [-0.39, 0.29) is 24.1 Å². The molecule has 1 aliphatic heterocycles. The molecule has 1 aromatic heterocycles. The average Bonchev–Trinajstić information content (AvgIpc) is 3.33. The zero-order chi connectivity index (χ0) is 22.0. The van der Waals surface area contributed by atoms with E-state index in [1.807, 2.05) is 24.3 Å². The summed E-state index contributed by atoms with van der Waals surface area (Å²) in [5.41, 5.74) is 1.83. The highest BCUT2D eigenvalue weighted by atomic mass is 16.5. The summed E-state index contributed by atoms with van der Waals surface area (Å²) in [5, 5.41) is 6.73. The molecule has 3 amide bonds. The molecule has 0 atom stereocenters. The van der Waals surface area contributed by atoms with Crippen molar-refractivity contribution in [1.29, 1.82) is 0 Å². The van der Waals surface area contributed by atoms with E-state index in [4.69, 9.17) is 9.26 Å². The molecule has 0 aliphatic carbocycles. The number of hydrogen-bond donors (Lipinski definition) is 1. The fourth-order valence-electron chi connectivity index (χ4n) is 3.36. The lowest BCUT2D eigenvalue weighted by atomic mass is 10.1. The predicted molar refractivity (Wildman–Crippen MR) is 111 cm³/mol. The minimum absolute atomic E-state index is 0.213. The minimum Gasteiger partial charge on any atom is -0.496 e. The van der Waals surface area contributed by atoms with Gasteiger partial charge in [-0.1, -0.05) is 17.3 Å². The van der Waals surface area contributed by atoms with Crippen LogP contribution < -0.4 is 10.1 Å². The van der Waals surface area contributed by atoms with Crippen molar-refractivity contribution in [3.05, 3.63) is 59.5 Å². The van der Waals surface area contributed by atoms with Crippen LogP contribution in [0, 0.1) is 0 Å². The van der Waals surface area contributed by atoms with Crippen molar-refractivity contribution < 1.29 is 23.6 Å². The number of rotatable bonds is 7. The molecular weight excluding hydrogens is 400 g/mol. The topological polar surface area (TPSA) is 115 Å². The van der Waals surface area contributed by atoms with Crippen molar-refractivity contribution in [2.24, 2.45) is 0 Å². The summed E-state index contributed by atoms with van der Waals surface area (Å²) >= 11 is 0. The van der Waals surface area contributed by atoms with Crippen molar-refractivity contribution in [3.63, 3.8) is 0 Å². The van der Waals surface area contributed by atoms with Gasteiger partial charge in [0.05, 0.1) is 23.8 Å². The number of imide groups is 1. The third-order valence-corrected chi connectivity index (χ3v) is 4.98. The zero-order valence-corrected chi connectivity index (χ0v) is 17.0. The summed E-state index contributed by atoms with van der Waals surface area (Å²) in [4.78, 5) is 41.7. The summed E-state index contributed by atoms with van der Waals surface area (Å²) in [6.45, 7) is 0. The Morgan fingerprint density at radius 3 is 2.68 bits per heavy atom. The fraction of sp³-hybridized carbons (Fsp3) is 0.227. The molecule has 2 aromatic carbocycles. The summed E-state index contributed by atoms with van der Waals surface area (Å²) in [7, 11) is 3.01. The van der Waals surface area contributed by atoms with Gasteiger partial charge in [0, 0.05) is 25.6 Å². The van der Waals surface area contributed by atoms with Crippen LogP contribution in [0.15, 0.2) is 47.0 Å². The maximum atomic E-state index is 12.3. The monoisotopic (exact) mass is 420 g/mol. The van der Waals surface area contributed by atoms with Crippen LogP contribution in [0.2, 0.25) is 0 Å². The van der Waals surface area contributed by atoms with E-state index in [1.54, 1.807) is 19.2 Å². The van der Waals surface area contributed by atoms with Gasteiger partial charge >= 0.3 is 0 Å². The smallest absolute Gasteiger partial charge is 0.261 e. The third kappa shape index (κ3) is 4.02. The molecule has 9 nitrogen and oxygen atoms in total. The SMILES string of the molecule is COc1ccccc1-c1noc(CCCC(=O)Nc2ccc3c(c2)C(=O)N(C)C3=O)n1. The number of nitrogens with one attached hydrogen (secondary N) is 1. The second-order valence-corrected chi connectivity index (χ2v) is 7.04. The highest BCUT2D eigenvalue weighted by molar-refractivity contribution is 6.21. The number of methoxy groups -OCH3 is 1. The molecule has 4 rings (SSSR count). The Kier molecular flexibility index (Phi) is 5.48. The van der Waals surface area contributed by atoms with Crippen LogP contribution in [0.4, 0.5) is 5.69 Å². The Bertz CT molecular complexity index is 1170. The molecule has 3 aromatic rings. The van der Waals surface area contributed by atoms with Crippen LogP contribution in [0.5, 0.6) is 5.75 Å². The van der Waals surface area contributed by atoms with Crippen LogP contribution in [0.1, 0.15) is 39.4 Å². The molecule has 0 radical (unpaired) electrons. The van der Waals surface area contributed by atoms with Crippen molar-refractivity contribution in [2.75, 3.05) is 19.5 Å². The molecule has 1 N–H and O–H groups in total.